The molecule has 0 aliphatic heterocycles. The third-order valence-corrected chi connectivity index (χ3v) is 1.41. The maximum Gasteiger partial charge on any atom is 0.358 e. The Hall–Kier alpha value is -2.05. The summed E-state index contributed by atoms with van der Waals surface area (Å²) < 4.78 is 4.92. The van der Waals surface area contributed by atoms with Crippen LogP contribution >= 0.6 is 0 Å². The molecular formula is C7H9N3O4. The lowest BCUT2D eigenvalue weighted by Gasteiger charge is -1.94. The van der Waals surface area contributed by atoms with Crippen molar-refractivity contribution < 1.29 is 19.1 Å². The van der Waals surface area contributed by atoms with Crippen molar-refractivity contribution in [3.8, 4) is 0 Å². The molecule has 7 nitrogen and oxygen atoms in total. The third kappa shape index (κ3) is 2.22. The molecule has 1 amide bonds. The Labute approximate surface area is 78.9 Å². The zero-order valence-electron chi connectivity index (χ0n) is 7.40. The summed E-state index contributed by atoms with van der Waals surface area (Å²) in [6.45, 7) is 1.31. The minimum absolute atomic E-state index is 0.0290. The Morgan fingerprint density at radius 3 is 2.71 bits per heavy atom. The number of aromatic nitrogens is 1. The Morgan fingerprint density at radius 1 is 1.64 bits per heavy atom. The van der Waals surface area contributed by atoms with Gasteiger partial charge >= 0.3 is 5.97 Å². The van der Waals surface area contributed by atoms with Crippen LogP contribution < -0.4 is 11.1 Å². The number of oxazole rings is 1. The van der Waals surface area contributed by atoms with Crippen molar-refractivity contribution in [2.45, 2.75) is 6.92 Å². The molecule has 0 bridgehead atoms. The predicted octanol–water partition coefficient (Wildman–Crippen LogP) is -0.422. The van der Waals surface area contributed by atoms with E-state index in [-0.39, 0.29) is 24.0 Å². The van der Waals surface area contributed by atoms with Crippen molar-refractivity contribution in [1.29, 1.82) is 0 Å². The van der Waals surface area contributed by atoms with Gasteiger partial charge in [-0.2, -0.15) is 4.98 Å². The molecule has 1 heterocycles. The van der Waals surface area contributed by atoms with Gasteiger partial charge in [-0.25, -0.2) is 4.79 Å². The molecular weight excluding hydrogens is 190 g/mol. The van der Waals surface area contributed by atoms with Crippen LogP contribution in [0.25, 0.3) is 0 Å². The van der Waals surface area contributed by atoms with E-state index in [4.69, 9.17) is 15.3 Å². The number of rotatable bonds is 4. The number of aryl methyl sites for hydroxylation is 1. The van der Waals surface area contributed by atoms with Crippen molar-refractivity contribution in [2.24, 2.45) is 5.73 Å². The molecule has 0 unspecified atom stereocenters. The molecule has 1 rings (SSSR count). The van der Waals surface area contributed by atoms with Crippen LogP contribution in [0.4, 0.5) is 6.01 Å². The molecule has 4 N–H and O–H groups in total. The van der Waals surface area contributed by atoms with E-state index in [2.05, 4.69) is 10.3 Å². The van der Waals surface area contributed by atoms with Crippen LogP contribution in [0.15, 0.2) is 4.42 Å². The highest BCUT2D eigenvalue weighted by molar-refractivity contribution is 5.86. The molecule has 1 aromatic heterocycles. The van der Waals surface area contributed by atoms with Crippen LogP contribution in [0.3, 0.4) is 0 Å². The number of carboxylic acids is 1. The highest BCUT2D eigenvalue weighted by Gasteiger charge is 2.15. The summed E-state index contributed by atoms with van der Waals surface area (Å²) in [4.78, 5) is 24.5. The largest absolute Gasteiger partial charge is 0.476 e. The summed E-state index contributed by atoms with van der Waals surface area (Å²) in [7, 11) is 0. The Balaban J connectivity index is 2.76. The molecule has 0 spiro atoms. The van der Waals surface area contributed by atoms with E-state index in [1.165, 1.54) is 6.92 Å². The van der Waals surface area contributed by atoms with Crippen molar-refractivity contribution in [3.63, 3.8) is 0 Å². The molecule has 7 heteroatoms. The van der Waals surface area contributed by atoms with E-state index in [9.17, 15) is 9.59 Å². The topological polar surface area (TPSA) is 118 Å². The molecule has 0 saturated heterocycles. The number of amides is 1. The van der Waals surface area contributed by atoms with Gasteiger partial charge in [0.15, 0.2) is 5.69 Å². The highest BCUT2D eigenvalue weighted by Crippen LogP contribution is 2.13. The smallest absolute Gasteiger partial charge is 0.358 e. The number of anilines is 1. The Bertz CT molecular complexity index is 371. The van der Waals surface area contributed by atoms with Gasteiger partial charge < -0.3 is 20.6 Å². The molecule has 0 saturated carbocycles. The monoisotopic (exact) mass is 199 g/mol. The van der Waals surface area contributed by atoms with Gasteiger partial charge in [0.25, 0.3) is 6.01 Å². The van der Waals surface area contributed by atoms with Crippen LogP contribution in [-0.2, 0) is 4.79 Å². The van der Waals surface area contributed by atoms with Crippen LogP contribution in [0.5, 0.6) is 0 Å². The normalized spacial score (nSPS) is 9.79. The fourth-order valence-corrected chi connectivity index (χ4v) is 0.833. The predicted molar refractivity (Wildman–Crippen MR) is 45.9 cm³/mol. The minimum atomic E-state index is -1.18. The first kappa shape index (κ1) is 10.0. The maximum atomic E-state index is 10.5. The number of aromatic carboxylic acids is 1. The molecule has 1 aromatic rings. The van der Waals surface area contributed by atoms with Crippen LogP contribution in [0.2, 0.25) is 0 Å². The second-order valence-electron chi connectivity index (χ2n) is 2.55. The molecule has 0 atom stereocenters. The molecule has 0 fully saturated rings. The second-order valence-corrected chi connectivity index (χ2v) is 2.55. The zero-order valence-corrected chi connectivity index (χ0v) is 7.40. The molecule has 14 heavy (non-hydrogen) atoms. The molecule has 0 aliphatic rings. The van der Waals surface area contributed by atoms with E-state index in [1.807, 2.05) is 0 Å². The van der Waals surface area contributed by atoms with Crippen LogP contribution in [-0.4, -0.2) is 28.5 Å². The van der Waals surface area contributed by atoms with E-state index in [0.717, 1.165) is 0 Å². The summed E-state index contributed by atoms with van der Waals surface area (Å²) in [5.74, 6) is -1.60. The zero-order chi connectivity index (χ0) is 10.7. The quantitative estimate of drug-likeness (QED) is 0.605. The molecule has 0 radical (unpaired) electrons. The number of nitrogens with one attached hydrogen (secondary N) is 1. The average molecular weight is 199 g/mol. The van der Waals surface area contributed by atoms with Gasteiger partial charge in [-0.1, -0.05) is 0 Å². The van der Waals surface area contributed by atoms with Crippen LogP contribution in [0, 0.1) is 6.92 Å². The van der Waals surface area contributed by atoms with E-state index in [1.54, 1.807) is 0 Å². The van der Waals surface area contributed by atoms with Gasteiger partial charge in [-0.05, 0) is 6.92 Å². The van der Waals surface area contributed by atoms with Gasteiger partial charge in [0, 0.05) is 0 Å². The number of carboxylic acid groups (broad SMARTS) is 1. The Morgan fingerprint density at radius 2 is 2.29 bits per heavy atom. The number of hydrogen-bond acceptors (Lipinski definition) is 5. The standard InChI is InChI=1S/C7H9N3O4/c1-3-5(6(12)13)10-7(14-3)9-2-4(8)11/h2H2,1H3,(H2,8,11)(H,9,10)(H,12,13). The van der Waals surface area contributed by atoms with E-state index < -0.39 is 11.9 Å². The minimum Gasteiger partial charge on any atom is -0.476 e. The summed E-state index contributed by atoms with van der Waals surface area (Å²) >= 11 is 0. The fourth-order valence-electron chi connectivity index (χ4n) is 0.833. The molecule has 76 valence electrons. The second kappa shape index (κ2) is 3.77. The maximum absolute atomic E-state index is 10.5. The van der Waals surface area contributed by atoms with Gasteiger partial charge in [-0.3, -0.25) is 4.79 Å². The van der Waals surface area contributed by atoms with E-state index in [0.29, 0.717) is 0 Å². The van der Waals surface area contributed by atoms with Crippen molar-refractivity contribution >= 4 is 17.9 Å². The average Bonchev–Trinajstić information content (AvgIpc) is 2.43. The lowest BCUT2D eigenvalue weighted by atomic mass is 10.4. The molecule has 0 aliphatic carbocycles. The SMILES string of the molecule is Cc1oc(NCC(N)=O)nc1C(=O)O. The first-order valence-electron chi connectivity index (χ1n) is 3.73. The number of primary amides is 1. The number of carbonyl (C=O) groups is 2. The first-order chi connectivity index (χ1) is 6.50. The highest BCUT2D eigenvalue weighted by atomic mass is 16.4. The van der Waals surface area contributed by atoms with Gasteiger partial charge in [0.2, 0.25) is 5.91 Å². The summed E-state index contributed by atoms with van der Waals surface area (Å²) in [5, 5.41) is 11.1. The summed E-state index contributed by atoms with van der Waals surface area (Å²) in [5.41, 5.74) is 4.67. The molecule has 0 aromatic carbocycles. The lowest BCUT2D eigenvalue weighted by molar-refractivity contribution is -0.116. The summed E-state index contributed by atoms with van der Waals surface area (Å²) in [6.07, 6.45) is 0. The fraction of sp³-hybridized carbons (Fsp3) is 0.286. The number of hydrogen-bond donors (Lipinski definition) is 3. The van der Waals surface area contributed by atoms with Gasteiger partial charge in [0.1, 0.15) is 5.76 Å². The third-order valence-electron chi connectivity index (χ3n) is 1.41. The number of nitrogens with zero attached hydrogens (tertiary/aromatic N) is 1. The first-order valence-corrected chi connectivity index (χ1v) is 3.73. The summed E-state index contributed by atoms with van der Waals surface area (Å²) in [6, 6.07) is -0.0290. The van der Waals surface area contributed by atoms with Gasteiger partial charge in [0.05, 0.1) is 6.54 Å². The van der Waals surface area contributed by atoms with E-state index >= 15 is 0 Å². The number of nitrogens with two attached hydrogens (primary N) is 1. The van der Waals surface area contributed by atoms with Gasteiger partial charge in [-0.15, -0.1) is 0 Å². The Kier molecular flexibility index (Phi) is 2.70. The van der Waals surface area contributed by atoms with Crippen molar-refractivity contribution in [1.82, 2.24) is 4.98 Å². The lowest BCUT2D eigenvalue weighted by Crippen LogP contribution is -2.21. The van der Waals surface area contributed by atoms with Crippen molar-refractivity contribution in [2.75, 3.05) is 11.9 Å². The number of carbonyl (C=O) groups excluding carboxylic acids is 1. The van der Waals surface area contributed by atoms with Crippen LogP contribution in [0.1, 0.15) is 16.2 Å². The van der Waals surface area contributed by atoms with Crippen molar-refractivity contribution in [3.05, 3.63) is 11.5 Å².